The molecule has 1 N–H and O–H groups in total. The van der Waals surface area contributed by atoms with Crippen molar-refractivity contribution in [1.29, 1.82) is 0 Å². The number of hydrogen-bond donors (Lipinski definition) is 1. The number of hydrogen-bond acceptors (Lipinski definition) is 4. The number of methoxy groups -OCH3 is 1. The molecule has 1 aromatic carbocycles. The normalized spacial score (nSPS) is 10.7. The summed E-state index contributed by atoms with van der Waals surface area (Å²) in [5, 5.41) is 3.88. The lowest BCUT2D eigenvalue weighted by Crippen LogP contribution is -2.12. The van der Waals surface area contributed by atoms with E-state index >= 15 is 0 Å². The topological polar surface area (TPSA) is 39.7 Å². The summed E-state index contributed by atoms with van der Waals surface area (Å²) in [6.07, 6.45) is 0. The highest BCUT2D eigenvalue weighted by Gasteiger charge is 2.03. The van der Waals surface area contributed by atoms with E-state index in [-0.39, 0.29) is 0 Å². The third-order valence-corrected chi connectivity index (χ3v) is 2.79. The van der Waals surface area contributed by atoms with Crippen LogP contribution >= 0.6 is 11.6 Å². The van der Waals surface area contributed by atoms with Crippen LogP contribution < -0.4 is 10.1 Å². The highest BCUT2D eigenvalue weighted by Crippen LogP contribution is 2.25. The van der Waals surface area contributed by atoms with E-state index in [1.807, 2.05) is 18.2 Å². The van der Waals surface area contributed by atoms with Gasteiger partial charge in [-0.05, 0) is 24.2 Å². The number of nitrogens with one attached hydrogen (secondary N) is 1. The Labute approximate surface area is 120 Å². The fourth-order valence-electron chi connectivity index (χ4n) is 1.50. The molecule has 4 nitrogen and oxygen atoms in total. The lowest BCUT2D eigenvalue weighted by Gasteiger charge is -2.10. The largest absolute Gasteiger partial charge is 0.490 e. The van der Waals surface area contributed by atoms with Crippen molar-refractivity contribution in [2.75, 3.05) is 40.1 Å². The van der Waals surface area contributed by atoms with Gasteiger partial charge in [0.15, 0.2) is 0 Å². The number of halogens is 1. The molecule has 19 heavy (non-hydrogen) atoms. The predicted octanol–water partition coefficient (Wildman–Crippen LogP) is 2.49. The SMILES string of the molecule is CCNCc1ccc(OCCOCCOC)c(Cl)c1. The van der Waals surface area contributed by atoms with Crippen LogP contribution in [0.2, 0.25) is 5.02 Å². The first-order chi connectivity index (χ1) is 9.27. The first kappa shape index (κ1) is 16.2. The molecule has 0 saturated heterocycles. The molecule has 0 aromatic heterocycles. The Hall–Kier alpha value is -0.810. The molecule has 0 heterocycles. The molecule has 108 valence electrons. The maximum absolute atomic E-state index is 6.16. The van der Waals surface area contributed by atoms with Gasteiger partial charge in [0.05, 0.1) is 24.8 Å². The first-order valence-electron chi connectivity index (χ1n) is 6.46. The Morgan fingerprint density at radius 3 is 2.63 bits per heavy atom. The zero-order valence-corrected chi connectivity index (χ0v) is 12.3. The molecule has 0 atom stereocenters. The minimum atomic E-state index is 0.482. The summed E-state index contributed by atoms with van der Waals surface area (Å²) < 4.78 is 15.7. The van der Waals surface area contributed by atoms with E-state index in [9.17, 15) is 0 Å². The standard InChI is InChI=1S/C14H22ClNO3/c1-3-16-11-12-4-5-14(13(15)10-12)19-9-8-18-7-6-17-2/h4-5,10,16H,3,6-9,11H2,1-2H3. The highest BCUT2D eigenvalue weighted by atomic mass is 35.5. The van der Waals surface area contributed by atoms with Gasteiger partial charge < -0.3 is 19.5 Å². The fraction of sp³-hybridized carbons (Fsp3) is 0.571. The Morgan fingerprint density at radius 1 is 1.16 bits per heavy atom. The molecule has 0 saturated carbocycles. The van der Waals surface area contributed by atoms with E-state index in [0.717, 1.165) is 18.7 Å². The molecule has 1 rings (SSSR count). The molecule has 1 aromatic rings. The molecule has 0 spiro atoms. The quantitative estimate of drug-likeness (QED) is 0.671. The number of ether oxygens (including phenoxy) is 3. The van der Waals surface area contributed by atoms with Gasteiger partial charge in [-0.15, -0.1) is 0 Å². The van der Waals surface area contributed by atoms with Gasteiger partial charge in [-0.1, -0.05) is 24.6 Å². The molecule has 0 radical (unpaired) electrons. The van der Waals surface area contributed by atoms with Gasteiger partial charge in [0.2, 0.25) is 0 Å². The highest BCUT2D eigenvalue weighted by molar-refractivity contribution is 6.32. The van der Waals surface area contributed by atoms with Crippen LogP contribution in [0.1, 0.15) is 12.5 Å². The van der Waals surface area contributed by atoms with Crippen molar-refractivity contribution in [3.63, 3.8) is 0 Å². The van der Waals surface area contributed by atoms with Gasteiger partial charge in [0, 0.05) is 13.7 Å². The second kappa shape index (κ2) is 10.0. The van der Waals surface area contributed by atoms with Crippen molar-refractivity contribution < 1.29 is 14.2 Å². The van der Waals surface area contributed by atoms with Gasteiger partial charge in [0.25, 0.3) is 0 Å². The van der Waals surface area contributed by atoms with E-state index in [1.165, 1.54) is 0 Å². The first-order valence-corrected chi connectivity index (χ1v) is 6.84. The Kier molecular flexibility index (Phi) is 8.58. The zero-order valence-electron chi connectivity index (χ0n) is 11.6. The second-order valence-corrected chi connectivity index (χ2v) is 4.41. The Morgan fingerprint density at radius 2 is 1.95 bits per heavy atom. The number of benzene rings is 1. The van der Waals surface area contributed by atoms with Crippen molar-refractivity contribution in [1.82, 2.24) is 5.32 Å². The van der Waals surface area contributed by atoms with E-state index in [2.05, 4.69) is 12.2 Å². The average Bonchev–Trinajstić information content (AvgIpc) is 2.42. The van der Waals surface area contributed by atoms with E-state index in [1.54, 1.807) is 7.11 Å². The predicted molar refractivity (Wildman–Crippen MR) is 77.0 cm³/mol. The lowest BCUT2D eigenvalue weighted by atomic mass is 10.2. The van der Waals surface area contributed by atoms with Crippen molar-refractivity contribution in [2.45, 2.75) is 13.5 Å². The molecular weight excluding hydrogens is 266 g/mol. The minimum Gasteiger partial charge on any atom is -0.490 e. The monoisotopic (exact) mass is 287 g/mol. The Balaban J connectivity index is 2.29. The Bertz CT molecular complexity index is 361. The van der Waals surface area contributed by atoms with Gasteiger partial charge in [0.1, 0.15) is 12.4 Å². The summed E-state index contributed by atoms with van der Waals surface area (Å²) >= 11 is 6.16. The maximum Gasteiger partial charge on any atom is 0.138 e. The second-order valence-electron chi connectivity index (χ2n) is 4.00. The minimum absolute atomic E-state index is 0.482. The van der Waals surface area contributed by atoms with Crippen LogP contribution in [-0.2, 0) is 16.0 Å². The van der Waals surface area contributed by atoms with Crippen molar-refractivity contribution in [3.05, 3.63) is 28.8 Å². The third-order valence-electron chi connectivity index (χ3n) is 2.49. The average molecular weight is 288 g/mol. The zero-order chi connectivity index (χ0) is 13.9. The summed E-state index contributed by atoms with van der Waals surface area (Å²) in [6.45, 7) is 6.01. The summed E-state index contributed by atoms with van der Waals surface area (Å²) in [5.41, 5.74) is 1.15. The third kappa shape index (κ3) is 6.78. The maximum atomic E-state index is 6.16. The lowest BCUT2D eigenvalue weighted by molar-refractivity contribution is 0.0544. The fourth-order valence-corrected chi connectivity index (χ4v) is 1.75. The van der Waals surface area contributed by atoms with Crippen LogP contribution in [0.25, 0.3) is 0 Å². The molecule has 5 heteroatoms. The smallest absolute Gasteiger partial charge is 0.138 e. The van der Waals surface area contributed by atoms with Crippen LogP contribution in [0, 0.1) is 0 Å². The summed E-state index contributed by atoms with van der Waals surface area (Å²) in [7, 11) is 1.65. The van der Waals surface area contributed by atoms with Gasteiger partial charge in [-0.3, -0.25) is 0 Å². The van der Waals surface area contributed by atoms with Crippen molar-refractivity contribution in [2.24, 2.45) is 0 Å². The molecule has 0 amide bonds. The molecule has 0 aliphatic heterocycles. The van der Waals surface area contributed by atoms with Gasteiger partial charge >= 0.3 is 0 Å². The summed E-state index contributed by atoms with van der Waals surface area (Å²) in [6, 6.07) is 5.82. The van der Waals surface area contributed by atoms with Crippen LogP contribution in [0.15, 0.2) is 18.2 Å². The van der Waals surface area contributed by atoms with Crippen LogP contribution in [0.4, 0.5) is 0 Å². The number of rotatable bonds is 10. The van der Waals surface area contributed by atoms with Crippen LogP contribution in [0.3, 0.4) is 0 Å². The molecule has 0 unspecified atom stereocenters. The van der Waals surface area contributed by atoms with Crippen LogP contribution in [0.5, 0.6) is 5.75 Å². The molecule has 0 fully saturated rings. The van der Waals surface area contributed by atoms with E-state index in [4.69, 9.17) is 25.8 Å². The van der Waals surface area contributed by atoms with Gasteiger partial charge in [-0.25, -0.2) is 0 Å². The molecular formula is C14H22ClNO3. The summed E-state index contributed by atoms with van der Waals surface area (Å²) in [4.78, 5) is 0. The van der Waals surface area contributed by atoms with Crippen molar-refractivity contribution in [3.8, 4) is 5.75 Å². The summed E-state index contributed by atoms with van der Waals surface area (Å²) in [5.74, 6) is 0.692. The molecule has 0 bridgehead atoms. The van der Waals surface area contributed by atoms with E-state index in [0.29, 0.717) is 37.2 Å². The van der Waals surface area contributed by atoms with E-state index < -0.39 is 0 Å². The van der Waals surface area contributed by atoms with Gasteiger partial charge in [-0.2, -0.15) is 0 Å². The molecule has 0 aliphatic carbocycles. The van der Waals surface area contributed by atoms with Crippen LogP contribution in [-0.4, -0.2) is 40.1 Å². The molecule has 0 aliphatic rings. The van der Waals surface area contributed by atoms with Crippen molar-refractivity contribution >= 4 is 11.6 Å².